The second-order valence-electron chi connectivity index (χ2n) is 5.20. The molecule has 3 heteroatoms. The molecule has 0 unspecified atom stereocenters. The maximum Gasteiger partial charge on any atom is 0.0958 e. The summed E-state index contributed by atoms with van der Waals surface area (Å²) in [4.78, 5) is 2.01. The van der Waals surface area contributed by atoms with Crippen LogP contribution in [0.3, 0.4) is 0 Å². The molecule has 2 nitrogen and oxygen atoms in total. The summed E-state index contributed by atoms with van der Waals surface area (Å²) >= 11 is 5.12. The SMILES string of the molecule is CC.COC1=CC=C(/C(=C2\C=CC=CN2C=S)C(C)C)CC1. The van der Waals surface area contributed by atoms with Crippen molar-refractivity contribution in [1.82, 2.24) is 4.90 Å². The molecular formula is C19H27NOS. The number of thiocarbonyl (C=S) groups is 1. The van der Waals surface area contributed by atoms with Crippen LogP contribution in [0.25, 0.3) is 0 Å². The van der Waals surface area contributed by atoms with Gasteiger partial charge in [0, 0.05) is 18.3 Å². The summed E-state index contributed by atoms with van der Waals surface area (Å²) < 4.78 is 5.31. The molecule has 1 aliphatic carbocycles. The zero-order chi connectivity index (χ0) is 16.5. The highest BCUT2D eigenvalue weighted by molar-refractivity contribution is 7.78. The van der Waals surface area contributed by atoms with Crippen LogP contribution in [-0.4, -0.2) is 17.5 Å². The Labute approximate surface area is 140 Å². The van der Waals surface area contributed by atoms with Gasteiger partial charge in [-0.3, -0.25) is 0 Å². The van der Waals surface area contributed by atoms with Crippen molar-refractivity contribution in [1.29, 1.82) is 0 Å². The molecule has 0 fully saturated rings. The Kier molecular flexibility index (Phi) is 7.89. The summed E-state index contributed by atoms with van der Waals surface area (Å²) in [7, 11) is 1.73. The molecule has 1 aliphatic heterocycles. The van der Waals surface area contributed by atoms with E-state index in [4.69, 9.17) is 17.0 Å². The van der Waals surface area contributed by atoms with Crippen molar-refractivity contribution in [3.8, 4) is 0 Å². The Hall–Kier alpha value is -1.61. The van der Waals surface area contributed by atoms with Crippen LogP contribution in [0.4, 0.5) is 0 Å². The Morgan fingerprint density at radius 3 is 2.45 bits per heavy atom. The lowest BCUT2D eigenvalue weighted by atomic mass is 9.87. The second-order valence-corrected chi connectivity index (χ2v) is 5.41. The molecule has 0 N–H and O–H groups in total. The van der Waals surface area contributed by atoms with Crippen LogP contribution in [0.15, 0.2) is 59.2 Å². The number of allylic oxidation sites excluding steroid dienone is 8. The van der Waals surface area contributed by atoms with Crippen LogP contribution in [0, 0.1) is 5.92 Å². The van der Waals surface area contributed by atoms with Gasteiger partial charge in [-0.05, 0) is 41.7 Å². The highest BCUT2D eigenvalue weighted by Gasteiger charge is 2.19. The molecule has 0 atom stereocenters. The van der Waals surface area contributed by atoms with Gasteiger partial charge in [0.25, 0.3) is 0 Å². The van der Waals surface area contributed by atoms with E-state index >= 15 is 0 Å². The number of hydrogen-bond acceptors (Lipinski definition) is 2. The fraction of sp³-hybridized carbons (Fsp3) is 0.421. The number of rotatable bonds is 4. The Bertz CT molecular complexity index is 536. The minimum Gasteiger partial charge on any atom is -0.501 e. The summed E-state index contributed by atoms with van der Waals surface area (Å²) in [6.07, 6.45) is 14.4. The molecule has 0 radical (unpaired) electrons. The first kappa shape index (κ1) is 18.4. The van der Waals surface area contributed by atoms with Crippen LogP contribution in [0.5, 0.6) is 0 Å². The molecule has 2 rings (SSSR count). The molecule has 0 spiro atoms. The molecule has 0 saturated heterocycles. The highest BCUT2D eigenvalue weighted by Crippen LogP contribution is 2.33. The minimum atomic E-state index is 0.447. The predicted octanol–water partition coefficient (Wildman–Crippen LogP) is 5.52. The Morgan fingerprint density at radius 1 is 1.23 bits per heavy atom. The maximum absolute atomic E-state index is 5.31. The molecule has 2 aliphatic rings. The lowest BCUT2D eigenvalue weighted by Gasteiger charge is -2.27. The largest absolute Gasteiger partial charge is 0.501 e. The van der Waals surface area contributed by atoms with Crippen molar-refractivity contribution >= 4 is 17.7 Å². The Morgan fingerprint density at radius 2 is 1.95 bits per heavy atom. The Balaban J connectivity index is 0.00000116. The fourth-order valence-corrected chi connectivity index (χ4v) is 2.80. The van der Waals surface area contributed by atoms with E-state index in [0.29, 0.717) is 5.92 Å². The molecule has 0 aromatic heterocycles. The molecule has 0 aromatic carbocycles. The van der Waals surface area contributed by atoms with Gasteiger partial charge < -0.3 is 9.64 Å². The van der Waals surface area contributed by atoms with Gasteiger partial charge in [0.15, 0.2) is 0 Å². The quantitative estimate of drug-likeness (QED) is 0.634. The first-order chi connectivity index (χ1) is 10.7. The van der Waals surface area contributed by atoms with E-state index in [9.17, 15) is 0 Å². The van der Waals surface area contributed by atoms with E-state index in [1.54, 1.807) is 12.6 Å². The van der Waals surface area contributed by atoms with Crippen LogP contribution in [-0.2, 0) is 4.74 Å². The van der Waals surface area contributed by atoms with Gasteiger partial charge in [0.1, 0.15) is 0 Å². The van der Waals surface area contributed by atoms with Gasteiger partial charge >= 0.3 is 0 Å². The van der Waals surface area contributed by atoms with Crippen molar-refractivity contribution in [3.05, 3.63) is 59.2 Å². The topological polar surface area (TPSA) is 12.5 Å². The average Bonchev–Trinajstić information content (AvgIpc) is 2.57. The van der Waals surface area contributed by atoms with Crippen molar-refractivity contribution < 1.29 is 4.74 Å². The van der Waals surface area contributed by atoms with Crippen molar-refractivity contribution in [2.24, 2.45) is 5.92 Å². The van der Waals surface area contributed by atoms with Crippen LogP contribution in [0.2, 0.25) is 0 Å². The van der Waals surface area contributed by atoms with Gasteiger partial charge in [-0.15, -0.1) is 0 Å². The van der Waals surface area contributed by atoms with E-state index in [2.05, 4.69) is 38.2 Å². The third-order valence-electron chi connectivity index (χ3n) is 3.58. The van der Waals surface area contributed by atoms with Gasteiger partial charge in [-0.1, -0.05) is 52.1 Å². The zero-order valence-corrected chi connectivity index (χ0v) is 15.1. The minimum absolute atomic E-state index is 0.447. The monoisotopic (exact) mass is 317 g/mol. The number of methoxy groups -OCH3 is 1. The average molecular weight is 317 g/mol. The first-order valence-corrected chi connectivity index (χ1v) is 8.41. The third kappa shape index (κ3) is 4.44. The second kappa shape index (κ2) is 9.42. The number of hydrogen-bond donors (Lipinski definition) is 0. The van der Waals surface area contributed by atoms with E-state index in [-0.39, 0.29) is 0 Å². The van der Waals surface area contributed by atoms with Crippen LogP contribution >= 0.6 is 12.2 Å². The van der Waals surface area contributed by atoms with Gasteiger partial charge in [0.05, 0.1) is 18.4 Å². The zero-order valence-electron chi connectivity index (χ0n) is 14.3. The van der Waals surface area contributed by atoms with E-state index < -0.39 is 0 Å². The molecule has 22 heavy (non-hydrogen) atoms. The predicted molar refractivity (Wildman–Crippen MR) is 99.4 cm³/mol. The lowest BCUT2D eigenvalue weighted by molar-refractivity contribution is 0.275. The van der Waals surface area contributed by atoms with Crippen LogP contribution in [0.1, 0.15) is 40.5 Å². The molecule has 0 saturated carbocycles. The van der Waals surface area contributed by atoms with Crippen molar-refractivity contribution in [2.45, 2.75) is 40.5 Å². The summed E-state index contributed by atoms with van der Waals surface area (Å²) in [5.41, 5.74) is 5.60. The van der Waals surface area contributed by atoms with E-state index in [0.717, 1.165) is 18.6 Å². The van der Waals surface area contributed by atoms with Crippen molar-refractivity contribution in [2.75, 3.05) is 7.11 Å². The molecule has 0 amide bonds. The molecular weight excluding hydrogens is 290 g/mol. The maximum atomic E-state index is 5.31. The van der Waals surface area contributed by atoms with E-state index in [1.807, 2.05) is 31.0 Å². The third-order valence-corrected chi connectivity index (χ3v) is 3.80. The van der Waals surface area contributed by atoms with Crippen LogP contribution < -0.4 is 0 Å². The summed E-state index contributed by atoms with van der Waals surface area (Å²) in [6.45, 7) is 8.46. The standard InChI is InChI=1S/C17H21NOS.C2H6/c1-13(2)17(14-7-9-15(19-3)10-8-14)16-6-4-5-11-18(16)12-20;1-2/h4-7,9,11-13H,8,10H2,1-3H3;1-2H3/b17-16+;. The normalized spacial score (nSPS) is 19.1. The molecule has 0 aromatic rings. The molecule has 1 heterocycles. The first-order valence-electron chi connectivity index (χ1n) is 7.94. The summed E-state index contributed by atoms with van der Waals surface area (Å²) in [6, 6.07) is 0. The lowest BCUT2D eigenvalue weighted by Crippen LogP contribution is -2.19. The fourth-order valence-electron chi connectivity index (χ4n) is 2.62. The summed E-state index contributed by atoms with van der Waals surface area (Å²) in [5.74, 6) is 1.50. The number of ether oxygens (including phenoxy) is 1. The number of nitrogens with zero attached hydrogens (tertiary/aromatic N) is 1. The highest BCUT2D eigenvalue weighted by atomic mass is 32.1. The summed E-state index contributed by atoms with van der Waals surface area (Å²) in [5, 5.41) is 0. The molecule has 0 bridgehead atoms. The van der Waals surface area contributed by atoms with Gasteiger partial charge in [-0.2, -0.15) is 0 Å². The van der Waals surface area contributed by atoms with Gasteiger partial charge in [-0.25, -0.2) is 0 Å². The smallest absolute Gasteiger partial charge is 0.0958 e. The van der Waals surface area contributed by atoms with Crippen molar-refractivity contribution in [3.63, 3.8) is 0 Å². The van der Waals surface area contributed by atoms with Gasteiger partial charge in [0.2, 0.25) is 0 Å². The molecule has 120 valence electrons. The van der Waals surface area contributed by atoms with E-state index in [1.165, 1.54) is 16.8 Å².